The van der Waals surface area contributed by atoms with Gasteiger partial charge in [0.25, 0.3) is 5.91 Å². The van der Waals surface area contributed by atoms with Crippen molar-refractivity contribution in [3.8, 4) is 17.6 Å². The minimum Gasteiger partial charge on any atom is -0.595 e. The normalized spacial score (nSPS) is 12.6. The number of nitriles is 1. The Morgan fingerprint density at radius 2 is 2.00 bits per heavy atom. The van der Waals surface area contributed by atoms with Crippen molar-refractivity contribution in [3.63, 3.8) is 0 Å². The first-order chi connectivity index (χ1) is 10.3. The molecule has 8 heteroatoms. The zero-order valence-corrected chi connectivity index (χ0v) is 12.2. The van der Waals surface area contributed by atoms with Crippen molar-refractivity contribution < 1.29 is 25.4 Å². The van der Waals surface area contributed by atoms with E-state index in [1.807, 2.05) is 0 Å². The van der Waals surface area contributed by atoms with E-state index in [1.54, 1.807) is 19.9 Å². The lowest BCUT2D eigenvalue weighted by Crippen LogP contribution is -2.99. The minimum absolute atomic E-state index is 0.129. The van der Waals surface area contributed by atoms with E-state index in [-0.39, 0.29) is 11.1 Å². The van der Waals surface area contributed by atoms with Crippen LogP contribution in [0.25, 0.3) is 6.08 Å². The lowest BCUT2D eigenvalue weighted by atomic mass is 10.1. The summed E-state index contributed by atoms with van der Waals surface area (Å²) in [7, 11) is 0. The van der Waals surface area contributed by atoms with Crippen molar-refractivity contribution in [2.24, 2.45) is 0 Å². The number of amides is 1. The Balaban J connectivity index is 3.30. The van der Waals surface area contributed by atoms with Crippen molar-refractivity contribution in [2.75, 3.05) is 13.1 Å². The summed E-state index contributed by atoms with van der Waals surface area (Å²) < 4.78 is 0. The van der Waals surface area contributed by atoms with E-state index < -0.39 is 28.3 Å². The Bertz CT molecular complexity index is 630. The van der Waals surface area contributed by atoms with Gasteiger partial charge in [0.1, 0.15) is 11.6 Å². The summed E-state index contributed by atoms with van der Waals surface area (Å²) in [6.07, 6.45) is 1.17. The van der Waals surface area contributed by atoms with Gasteiger partial charge < -0.3 is 20.3 Å². The lowest BCUT2D eigenvalue weighted by molar-refractivity contribution is -0.991. The minimum atomic E-state index is -1.43. The fraction of sp³-hybridized carbons (Fsp3) is 0.286. The molecular weight excluding hydrogens is 290 g/mol. The Morgan fingerprint density at radius 1 is 1.41 bits per heavy atom. The summed E-state index contributed by atoms with van der Waals surface area (Å²) in [5.41, 5.74) is -0.575. The van der Waals surface area contributed by atoms with Crippen LogP contribution in [0.4, 0.5) is 5.69 Å². The third-order valence-corrected chi connectivity index (χ3v) is 3.06. The second-order valence-corrected chi connectivity index (χ2v) is 4.39. The topological polar surface area (TPSA) is 132 Å². The second-order valence-electron chi connectivity index (χ2n) is 4.39. The van der Waals surface area contributed by atoms with Gasteiger partial charge in [-0.1, -0.05) is 0 Å². The van der Waals surface area contributed by atoms with Gasteiger partial charge in [0.2, 0.25) is 11.4 Å². The highest BCUT2D eigenvalue weighted by atomic mass is 16.8. The maximum Gasteiger partial charge on any atom is 0.264 e. The van der Waals surface area contributed by atoms with Gasteiger partial charge in [-0.05, 0) is 31.6 Å². The highest BCUT2D eigenvalue weighted by molar-refractivity contribution is 6.01. The predicted molar refractivity (Wildman–Crippen MR) is 77.1 cm³/mol. The van der Waals surface area contributed by atoms with Crippen LogP contribution in [-0.2, 0) is 4.79 Å². The highest BCUT2D eigenvalue weighted by Crippen LogP contribution is 2.32. The van der Waals surface area contributed by atoms with E-state index in [4.69, 9.17) is 10.5 Å². The Morgan fingerprint density at radius 3 is 2.45 bits per heavy atom. The first-order valence-electron chi connectivity index (χ1n) is 6.56. The van der Waals surface area contributed by atoms with E-state index in [2.05, 4.69) is 0 Å². The van der Waals surface area contributed by atoms with Gasteiger partial charge in [-0.25, -0.2) is 5.21 Å². The molecule has 0 aliphatic rings. The van der Waals surface area contributed by atoms with E-state index in [1.165, 1.54) is 11.0 Å². The van der Waals surface area contributed by atoms with Gasteiger partial charge in [0, 0.05) is 19.2 Å². The summed E-state index contributed by atoms with van der Waals surface area (Å²) in [5.74, 6) is -1.89. The van der Waals surface area contributed by atoms with Crippen molar-refractivity contribution in [2.45, 2.75) is 13.8 Å². The van der Waals surface area contributed by atoms with Crippen LogP contribution in [0.2, 0.25) is 0 Å². The van der Waals surface area contributed by atoms with Crippen LogP contribution >= 0.6 is 0 Å². The van der Waals surface area contributed by atoms with Gasteiger partial charge >= 0.3 is 0 Å². The van der Waals surface area contributed by atoms with Crippen molar-refractivity contribution >= 4 is 17.7 Å². The molecule has 4 N–H and O–H groups in total. The molecule has 1 aromatic carbocycles. The molecule has 1 amide bonds. The Labute approximate surface area is 127 Å². The largest absolute Gasteiger partial charge is 0.595 e. The van der Waals surface area contributed by atoms with E-state index in [9.17, 15) is 20.2 Å². The molecule has 1 rings (SSSR count). The van der Waals surface area contributed by atoms with Crippen LogP contribution in [0.1, 0.15) is 19.4 Å². The maximum atomic E-state index is 12.1. The number of quaternary nitrogens is 1. The molecule has 0 radical (unpaired) electrons. The molecule has 0 bridgehead atoms. The molecule has 1 aromatic rings. The molecule has 0 heterocycles. The fourth-order valence-corrected chi connectivity index (χ4v) is 1.88. The number of hydrogen-bond acceptors (Lipinski definition) is 6. The molecule has 0 fully saturated rings. The van der Waals surface area contributed by atoms with Crippen LogP contribution in [0.5, 0.6) is 11.5 Å². The molecule has 0 aromatic heterocycles. The molecule has 0 aliphatic heterocycles. The third kappa shape index (κ3) is 3.73. The fourth-order valence-electron chi connectivity index (χ4n) is 1.88. The average molecular weight is 307 g/mol. The summed E-state index contributed by atoms with van der Waals surface area (Å²) in [4.78, 5) is 13.6. The van der Waals surface area contributed by atoms with Crippen molar-refractivity contribution in [1.29, 1.82) is 5.26 Å². The summed E-state index contributed by atoms with van der Waals surface area (Å²) in [6.45, 7) is 4.39. The van der Waals surface area contributed by atoms with Gasteiger partial charge in [-0.3, -0.25) is 4.79 Å². The van der Waals surface area contributed by atoms with E-state index >= 15 is 0 Å². The average Bonchev–Trinajstić information content (AvgIpc) is 2.48. The molecule has 22 heavy (non-hydrogen) atoms. The smallest absolute Gasteiger partial charge is 0.264 e. The van der Waals surface area contributed by atoms with Gasteiger partial charge in [0.05, 0.1) is 0 Å². The van der Waals surface area contributed by atoms with Crippen LogP contribution in [0.3, 0.4) is 0 Å². The standard InChI is InChI=1S/C14H17N3O5/c1-3-16(4-2)14(20)10(8-15)5-9-6-11(17(21)22)13(19)12(18)7-9/h5-7,17-19,21H,3-4H2,1-2H3. The zero-order chi connectivity index (χ0) is 16.9. The summed E-state index contributed by atoms with van der Waals surface area (Å²) >= 11 is 0. The number of carbonyl (C=O) groups is 1. The first-order valence-corrected chi connectivity index (χ1v) is 6.56. The number of phenolic OH excluding ortho intramolecular Hbond substituents is 2. The molecule has 1 unspecified atom stereocenters. The molecule has 0 saturated carbocycles. The zero-order valence-electron chi connectivity index (χ0n) is 12.2. The SMILES string of the molecule is CCN(CC)C(=O)C(C#N)=Cc1cc(O)c(O)c([NH+]([O-])O)c1. The number of benzene rings is 1. The van der Waals surface area contributed by atoms with Crippen LogP contribution in [0, 0.1) is 16.5 Å². The first kappa shape index (κ1) is 17.5. The monoisotopic (exact) mass is 307 g/mol. The molecule has 118 valence electrons. The highest BCUT2D eigenvalue weighted by Gasteiger charge is 2.18. The molecule has 0 aliphatic carbocycles. The number of nitrogens with one attached hydrogen (secondary N) is 1. The third-order valence-electron chi connectivity index (χ3n) is 3.06. The second kappa shape index (κ2) is 7.42. The van der Waals surface area contributed by atoms with Gasteiger partial charge in [0.15, 0.2) is 5.75 Å². The number of rotatable bonds is 5. The van der Waals surface area contributed by atoms with Gasteiger partial charge in [-0.15, -0.1) is 0 Å². The summed E-state index contributed by atoms with van der Waals surface area (Å²) in [5, 5.41) is 46.6. The van der Waals surface area contributed by atoms with Crippen LogP contribution in [-0.4, -0.2) is 39.3 Å². The number of carbonyl (C=O) groups excluding carboxylic acids is 1. The van der Waals surface area contributed by atoms with Gasteiger partial charge in [-0.2, -0.15) is 10.5 Å². The maximum absolute atomic E-state index is 12.1. The van der Waals surface area contributed by atoms with Crippen LogP contribution in [0.15, 0.2) is 17.7 Å². The predicted octanol–water partition coefficient (Wildman–Crippen LogP) is 0.277. The van der Waals surface area contributed by atoms with Crippen molar-refractivity contribution in [1.82, 2.24) is 4.90 Å². The molecule has 0 saturated heterocycles. The number of phenols is 2. The van der Waals surface area contributed by atoms with E-state index in [0.717, 1.165) is 12.1 Å². The van der Waals surface area contributed by atoms with Crippen LogP contribution < -0.4 is 5.23 Å². The number of aromatic hydroxyl groups is 2. The van der Waals surface area contributed by atoms with Crippen molar-refractivity contribution in [3.05, 3.63) is 28.5 Å². The molecule has 0 spiro atoms. The Hall–Kier alpha value is -2.60. The quantitative estimate of drug-likeness (QED) is 0.267. The molecule has 8 nitrogen and oxygen atoms in total. The van der Waals surface area contributed by atoms with E-state index in [0.29, 0.717) is 13.1 Å². The molecule has 1 atom stereocenters. The Kier molecular flexibility index (Phi) is 5.89. The summed E-state index contributed by atoms with van der Waals surface area (Å²) in [6, 6.07) is 3.91. The number of nitrogens with zero attached hydrogens (tertiary/aromatic N) is 2. The number of likely N-dealkylation sites (N-methyl/N-ethyl adjacent to an activating group) is 1. The lowest BCUT2D eigenvalue weighted by Gasteiger charge is -2.18. The number of hydrogen-bond donors (Lipinski definition) is 4. The molecular formula is C14H17N3O5.